The number of methoxy groups -OCH3 is 2. The van der Waals surface area contributed by atoms with Crippen LogP contribution in [-0.4, -0.2) is 37.5 Å². The van der Waals surface area contributed by atoms with Crippen LogP contribution in [0.15, 0.2) is 28.7 Å². The molecule has 3 rings (SSSR count). The summed E-state index contributed by atoms with van der Waals surface area (Å²) in [5, 5.41) is 2.52. The van der Waals surface area contributed by atoms with Gasteiger partial charge in [0.15, 0.2) is 23.1 Å². The highest BCUT2D eigenvalue weighted by molar-refractivity contribution is 5.93. The van der Waals surface area contributed by atoms with Crippen molar-refractivity contribution in [3.05, 3.63) is 41.2 Å². The Labute approximate surface area is 145 Å². The number of furan rings is 1. The van der Waals surface area contributed by atoms with E-state index in [0.29, 0.717) is 24.6 Å². The average molecular weight is 344 g/mol. The zero-order chi connectivity index (χ0) is 18.0. The molecule has 1 aliphatic heterocycles. The first-order valence-corrected chi connectivity index (χ1v) is 7.92. The number of hydrogen-bond acceptors (Lipinski definition) is 5. The molecule has 0 fully saturated rings. The third-order valence-electron chi connectivity index (χ3n) is 4.12. The zero-order valence-electron chi connectivity index (χ0n) is 14.4. The van der Waals surface area contributed by atoms with E-state index in [1.807, 2.05) is 12.1 Å². The van der Waals surface area contributed by atoms with Crippen LogP contribution in [-0.2, 0) is 17.8 Å². The van der Waals surface area contributed by atoms with Crippen molar-refractivity contribution in [2.24, 2.45) is 0 Å². The molecule has 0 atom stereocenters. The lowest BCUT2D eigenvalue weighted by molar-refractivity contribution is -0.114. The third-order valence-corrected chi connectivity index (χ3v) is 4.12. The minimum Gasteiger partial charge on any atom is -0.493 e. The molecule has 0 saturated carbocycles. The van der Waals surface area contributed by atoms with Gasteiger partial charge in [-0.3, -0.25) is 14.9 Å². The molecule has 1 N–H and O–H groups in total. The second-order valence-electron chi connectivity index (χ2n) is 5.80. The first kappa shape index (κ1) is 16.9. The standard InChI is InChI=1S/C18H20N2O5/c1-11(21)19-17-5-4-14(25-17)18(22)20-7-6-12-8-15(23-2)16(24-3)9-13(12)10-20/h4-5,8-9H,6-7,10H2,1-3H3,(H,19,21). The molecular weight excluding hydrogens is 324 g/mol. The van der Waals surface area contributed by atoms with Crippen LogP contribution in [0.4, 0.5) is 5.88 Å². The van der Waals surface area contributed by atoms with Gasteiger partial charge >= 0.3 is 0 Å². The summed E-state index contributed by atoms with van der Waals surface area (Å²) in [6.45, 7) is 2.43. The molecule has 0 bridgehead atoms. The summed E-state index contributed by atoms with van der Waals surface area (Å²) < 4.78 is 16.1. The van der Waals surface area contributed by atoms with Crippen LogP contribution in [0.2, 0.25) is 0 Å². The zero-order valence-corrected chi connectivity index (χ0v) is 14.4. The van der Waals surface area contributed by atoms with Crippen molar-refractivity contribution < 1.29 is 23.5 Å². The monoisotopic (exact) mass is 344 g/mol. The molecule has 7 nitrogen and oxygen atoms in total. The molecule has 0 radical (unpaired) electrons. The lowest BCUT2D eigenvalue weighted by Crippen LogP contribution is -2.35. The number of hydrogen-bond donors (Lipinski definition) is 1. The largest absolute Gasteiger partial charge is 0.493 e. The van der Waals surface area contributed by atoms with E-state index in [1.54, 1.807) is 31.3 Å². The summed E-state index contributed by atoms with van der Waals surface area (Å²) in [4.78, 5) is 25.4. The Morgan fingerprint density at radius 3 is 2.44 bits per heavy atom. The van der Waals surface area contributed by atoms with E-state index in [-0.39, 0.29) is 23.5 Å². The van der Waals surface area contributed by atoms with E-state index >= 15 is 0 Å². The maximum atomic E-state index is 12.6. The number of nitrogens with one attached hydrogen (secondary N) is 1. The Morgan fingerprint density at radius 1 is 1.12 bits per heavy atom. The summed E-state index contributed by atoms with van der Waals surface area (Å²) in [6, 6.07) is 6.99. The summed E-state index contributed by atoms with van der Waals surface area (Å²) in [6.07, 6.45) is 0.723. The van der Waals surface area contributed by atoms with Crippen molar-refractivity contribution in [3.63, 3.8) is 0 Å². The van der Waals surface area contributed by atoms with E-state index in [9.17, 15) is 9.59 Å². The molecule has 2 aromatic rings. The predicted octanol–water partition coefficient (Wildman–Crippen LogP) is 2.45. The van der Waals surface area contributed by atoms with Gasteiger partial charge in [-0.2, -0.15) is 0 Å². The number of benzene rings is 1. The Hall–Kier alpha value is -2.96. The van der Waals surface area contributed by atoms with Gasteiger partial charge in [-0.05, 0) is 35.7 Å². The topological polar surface area (TPSA) is 81.0 Å². The van der Waals surface area contributed by atoms with Gasteiger partial charge in [0.1, 0.15) is 0 Å². The third kappa shape index (κ3) is 3.45. The van der Waals surface area contributed by atoms with Crippen molar-refractivity contribution in [1.29, 1.82) is 0 Å². The van der Waals surface area contributed by atoms with Gasteiger partial charge in [-0.25, -0.2) is 0 Å². The molecule has 2 heterocycles. The minimum absolute atomic E-state index is 0.202. The Balaban J connectivity index is 1.78. The summed E-state index contributed by atoms with van der Waals surface area (Å²) in [7, 11) is 3.19. The average Bonchev–Trinajstić information content (AvgIpc) is 3.06. The lowest BCUT2D eigenvalue weighted by atomic mass is 9.98. The second kappa shape index (κ2) is 6.88. The Kier molecular flexibility index (Phi) is 4.65. The first-order chi connectivity index (χ1) is 12.0. The number of ether oxygens (including phenoxy) is 2. The quantitative estimate of drug-likeness (QED) is 0.921. The van der Waals surface area contributed by atoms with Crippen LogP contribution < -0.4 is 14.8 Å². The highest BCUT2D eigenvalue weighted by Crippen LogP contribution is 2.33. The Morgan fingerprint density at radius 2 is 1.80 bits per heavy atom. The van der Waals surface area contributed by atoms with Crippen molar-refractivity contribution in [2.75, 3.05) is 26.1 Å². The number of fused-ring (bicyclic) bond motifs is 1. The van der Waals surface area contributed by atoms with Crippen molar-refractivity contribution in [2.45, 2.75) is 19.9 Å². The molecule has 1 aliphatic rings. The number of carbonyl (C=O) groups is 2. The molecule has 0 spiro atoms. The van der Waals surface area contributed by atoms with Crippen molar-refractivity contribution in [1.82, 2.24) is 4.90 Å². The smallest absolute Gasteiger partial charge is 0.289 e. The predicted molar refractivity (Wildman–Crippen MR) is 91.0 cm³/mol. The van der Waals surface area contributed by atoms with Gasteiger partial charge in [-0.1, -0.05) is 0 Å². The highest BCUT2D eigenvalue weighted by Gasteiger charge is 2.25. The van der Waals surface area contributed by atoms with E-state index < -0.39 is 0 Å². The lowest BCUT2D eigenvalue weighted by Gasteiger charge is -2.29. The van der Waals surface area contributed by atoms with Gasteiger partial charge in [0, 0.05) is 26.1 Å². The van der Waals surface area contributed by atoms with Crippen LogP contribution >= 0.6 is 0 Å². The van der Waals surface area contributed by atoms with Crippen LogP contribution in [0.1, 0.15) is 28.6 Å². The summed E-state index contributed by atoms with van der Waals surface area (Å²) in [5.41, 5.74) is 2.16. The van der Waals surface area contributed by atoms with Gasteiger partial charge in [0.05, 0.1) is 14.2 Å². The molecule has 0 saturated heterocycles. The van der Waals surface area contributed by atoms with Crippen molar-refractivity contribution in [3.8, 4) is 11.5 Å². The fourth-order valence-corrected chi connectivity index (χ4v) is 2.91. The van der Waals surface area contributed by atoms with Crippen LogP contribution in [0.5, 0.6) is 11.5 Å². The fourth-order valence-electron chi connectivity index (χ4n) is 2.91. The van der Waals surface area contributed by atoms with Gasteiger partial charge in [0.2, 0.25) is 5.91 Å². The number of nitrogens with zero attached hydrogens (tertiary/aromatic N) is 1. The molecule has 25 heavy (non-hydrogen) atoms. The van der Waals surface area contributed by atoms with E-state index in [2.05, 4.69) is 5.32 Å². The highest BCUT2D eigenvalue weighted by atomic mass is 16.5. The SMILES string of the molecule is COc1cc2c(cc1OC)CN(C(=O)c1ccc(NC(C)=O)o1)CC2. The molecule has 0 aliphatic carbocycles. The van der Waals surface area contributed by atoms with E-state index in [0.717, 1.165) is 17.5 Å². The molecule has 132 valence electrons. The molecule has 1 aromatic carbocycles. The van der Waals surface area contributed by atoms with E-state index in [1.165, 1.54) is 6.92 Å². The minimum atomic E-state index is -0.249. The van der Waals surface area contributed by atoms with Crippen LogP contribution in [0.3, 0.4) is 0 Å². The molecule has 0 unspecified atom stereocenters. The maximum Gasteiger partial charge on any atom is 0.289 e. The molecule has 7 heteroatoms. The van der Waals surface area contributed by atoms with Gasteiger partial charge in [-0.15, -0.1) is 0 Å². The first-order valence-electron chi connectivity index (χ1n) is 7.92. The summed E-state index contributed by atoms with van der Waals surface area (Å²) >= 11 is 0. The van der Waals surface area contributed by atoms with Gasteiger partial charge in [0.25, 0.3) is 5.91 Å². The normalized spacial score (nSPS) is 13.2. The van der Waals surface area contributed by atoms with Gasteiger partial charge < -0.3 is 18.8 Å². The number of rotatable bonds is 4. The maximum absolute atomic E-state index is 12.6. The second-order valence-corrected chi connectivity index (χ2v) is 5.80. The van der Waals surface area contributed by atoms with E-state index in [4.69, 9.17) is 13.9 Å². The molecule has 1 aromatic heterocycles. The van der Waals surface area contributed by atoms with Crippen LogP contribution in [0.25, 0.3) is 0 Å². The molecular formula is C18H20N2O5. The fraction of sp³-hybridized carbons (Fsp3) is 0.333. The summed E-state index contributed by atoms with van der Waals surface area (Å²) in [5.74, 6) is 1.33. The number of amides is 2. The number of anilines is 1. The Bertz CT molecular complexity index is 812. The van der Waals surface area contributed by atoms with Crippen LogP contribution in [0, 0.1) is 0 Å². The number of carbonyl (C=O) groups excluding carboxylic acids is 2. The molecule has 2 amide bonds. The van der Waals surface area contributed by atoms with Crippen molar-refractivity contribution >= 4 is 17.7 Å².